The van der Waals surface area contributed by atoms with Crippen LogP contribution < -0.4 is 4.31 Å². The summed E-state index contributed by atoms with van der Waals surface area (Å²) in [6.07, 6.45) is 0. The predicted molar refractivity (Wildman–Crippen MR) is 79.7 cm³/mol. The van der Waals surface area contributed by atoms with Crippen LogP contribution in [0, 0.1) is 17.5 Å². The number of rotatable bonds is 4. The summed E-state index contributed by atoms with van der Waals surface area (Å²) in [7, 11) is -2.32. The van der Waals surface area contributed by atoms with Crippen molar-refractivity contribution in [1.82, 2.24) is 0 Å². The van der Waals surface area contributed by atoms with Crippen molar-refractivity contribution >= 4 is 21.7 Å². The zero-order valence-electron chi connectivity index (χ0n) is 12.6. The van der Waals surface area contributed by atoms with Crippen LogP contribution in [0.15, 0.2) is 41.3 Å². The lowest BCUT2D eigenvalue weighted by Gasteiger charge is -2.20. The molecule has 128 valence electrons. The largest absolute Gasteiger partial charge is 0.465 e. The Labute approximate surface area is 136 Å². The number of hydrogen-bond acceptors (Lipinski definition) is 4. The van der Waals surface area contributed by atoms with Crippen LogP contribution in [0.3, 0.4) is 0 Å². The molecule has 0 saturated heterocycles. The highest BCUT2D eigenvalue weighted by atomic mass is 32.2. The summed E-state index contributed by atoms with van der Waals surface area (Å²) in [6.45, 7) is 0. The normalized spacial score (nSPS) is 11.2. The quantitative estimate of drug-likeness (QED) is 0.788. The molecule has 0 aromatic heterocycles. The predicted octanol–water partition coefficient (Wildman–Crippen LogP) is 2.72. The summed E-state index contributed by atoms with van der Waals surface area (Å²) in [6, 6.07) is 5.12. The van der Waals surface area contributed by atoms with E-state index in [1.165, 1.54) is 0 Å². The number of hydrogen-bond donors (Lipinski definition) is 0. The average molecular weight is 359 g/mol. The summed E-state index contributed by atoms with van der Waals surface area (Å²) in [4.78, 5) is 10.7. The Kier molecular flexibility index (Phi) is 4.83. The number of benzene rings is 2. The van der Waals surface area contributed by atoms with E-state index in [4.69, 9.17) is 0 Å². The van der Waals surface area contributed by atoms with Gasteiger partial charge in [-0.25, -0.2) is 26.4 Å². The molecule has 0 unspecified atom stereocenters. The molecule has 0 aliphatic carbocycles. The first-order chi connectivity index (χ1) is 11.2. The van der Waals surface area contributed by atoms with Crippen molar-refractivity contribution in [3.63, 3.8) is 0 Å². The number of ether oxygens (including phenoxy) is 1. The van der Waals surface area contributed by atoms with Gasteiger partial charge in [-0.05, 0) is 30.3 Å². The third-order valence-electron chi connectivity index (χ3n) is 3.26. The lowest BCUT2D eigenvalue weighted by Crippen LogP contribution is -2.27. The van der Waals surface area contributed by atoms with Gasteiger partial charge in [0, 0.05) is 13.1 Å². The zero-order chi connectivity index (χ0) is 18.1. The van der Waals surface area contributed by atoms with Gasteiger partial charge in [-0.1, -0.05) is 0 Å². The number of anilines is 1. The number of carbonyl (C=O) groups is 1. The van der Waals surface area contributed by atoms with Gasteiger partial charge in [-0.2, -0.15) is 0 Å². The molecule has 5 nitrogen and oxygen atoms in total. The fourth-order valence-electron chi connectivity index (χ4n) is 1.91. The maximum absolute atomic E-state index is 14.0. The first kappa shape index (κ1) is 17.8. The first-order valence-corrected chi connectivity index (χ1v) is 7.94. The van der Waals surface area contributed by atoms with Gasteiger partial charge in [0.25, 0.3) is 10.0 Å². The van der Waals surface area contributed by atoms with E-state index in [2.05, 4.69) is 4.74 Å². The van der Waals surface area contributed by atoms with Gasteiger partial charge in [-0.3, -0.25) is 4.31 Å². The van der Waals surface area contributed by atoms with Crippen molar-refractivity contribution in [1.29, 1.82) is 0 Å². The minimum Gasteiger partial charge on any atom is -0.465 e. The topological polar surface area (TPSA) is 63.7 Å². The average Bonchev–Trinajstić information content (AvgIpc) is 2.56. The Morgan fingerprint density at radius 1 is 1.00 bits per heavy atom. The summed E-state index contributed by atoms with van der Waals surface area (Å²) in [5, 5.41) is 0. The van der Waals surface area contributed by atoms with E-state index in [0.717, 1.165) is 44.5 Å². The Balaban J connectivity index is 2.53. The van der Waals surface area contributed by atoms with Crippen LogP contribution in [0.2, 0.25) is 0 Å². The van der Waals surface area contributed by atoms with E-state index >= 15 is 0 Å². The summed E-state index contributed by atoms with van der Waals surface area (Å²) in [5.41, 5.74) is -0.382. The lowest BCUT2D eigenvalue weighted by molar-refractivity contribution is 0.0600. The molecule has 0 heterocycles. The monoisotopic (exact) mass is 359 g/mol. The number of methoxy groups -OCH3 is 1. The van der Waals surface area contributed by atoms with Gasteiger partial charge in [0.05, 0.1) is 18.4 Å². The molecule has 9 heteroatoms. The second-order valence-electron chi connectivity index (χ2n) is 4.71. The highest BCUT2D eigenvalue weighted by Crippen LogP contribution is 2.26. The molecule has 0 radical (unpaired) electrons. The number of sulfonamides is 1. The van der Waals surface area contributed by atoms with Gasteiger partial charge in [-0.15, -0.1) is 0 Å². The summed E-state index contributed by atoms with van der Waals surface area (Å²) >= 11 is 0. The van der Waals surface area contributed by atoms with E-state index in [1.54, 1.807) is 0 Å². The van der Waals surface area contributed by atoms with Crippen molar-refractivity contribution in [3.05, 3.63) is 59.4 Å². The smallest absolute Gasteiger partial charge is 0.337 e. The number of esters is 1. The molecular formula is C15H12F3NO4S. The Bertz CT molecular complexity index is 900. The Hall–Kier alpha value is -2.55. The SMILES string of the molecule is COC(=O)c1ccc(F)c(S(=O)(=O)N(C)c2ccc(F)c(F)c2)c1. The molecule has 2 aromatic carbocycles. The van der Waals surface area contributed by atoms with E-state index in [9.17, 15) is 26.4 Å². The van der Waals surface area contributed by atoms with Crippen molar-refractivity contribution < 1.29 is 31.1 Å². The minimum atomic E-state index is -4.46. The molecule has 2 rings (SSSR count). The molecule has 2 aromatic rings. The van der Waals surface area contributed by atoms with Gasteiger partial charge < -0.3 is 4.74 Å². The van der Waals surface area contributed by atoms with E-state index in [0.29, 0.717) is 10.4 Å². The molecule has 0 atom stereocenters. The summed E-state index contributed by atoms with van der Waals surface area (Å²) in [5.74, 6) is -4.35. The van der Waals surface area contributed by atoms with Crippen LogP contribution in [-0.4, -0.2) is 28.5 Å². The fourth-order valence-corrected chi connectivity index (χ4v) is 3.19. The van der Waals surface area contributed by atoms with Crippen LogP contribution in [-0.2, 0) is 14.8 Å². The molecule has 0 N–H and O–H groups in total. The molecule has 0 bridgehead atoms. The first-order valence-electron chi connectivity index (χ1n) is 6.50. The van der Waals surface area contributed by atoms with Crippen molar-refractivity contribution in [3.8, 4) is 0 Å². The zero-order valence-corrected chi connectivity index (χ0v) is 13.4. The molecule has 0 fully saturated rings. The number of halogens is 3. The second kappa shape index (κ2) is 6.52. The van der Waals surface area contributed by atoms with E-state index in [-0.39, 0.29) is 11.3 Å². The third kappa shape index (κ3) is 3.21. The maximum atomic E-state index is 14.0. The highest BCUT2D eigenvalue weighted by Gasteiger charge is 2.27. The molecule has 0 amide bonds. The molecule has 0 aliphatic rings. The van der Waals surface area contributed by atoms with Gasteiger partial charge in [0.15, 0.2) is 11.6 Å². The Morgan fingerprint density at radius 3 is 2.21 bits per heavy atom. The van der Waals surface area contributed by atoms with Crippen molar-refractivity contribution in [2.75, 3.05) is 18.5 Å². The van der Waals surface area contributed by atoms with Crippen LogP contribution in [0.5, 0.6) is 0 Å². The summed E-state index contributed by atoms with van der Waals surface area (Å²) < 4.78 is 70.3. The van der Waals surface area contributed by atoms with Crippen LogP contribution in [0.1, 0.15) is 10.4 Å². The number of nitrogens with zero attached hydrogens (tertiary/aromatic N) is 1. The Morgan fingerprint density at radius 2 is 1.62 bits per heavy atom. The molecule has 0 spiro atoms. The number of carbonyl (C=O) groups excluding carboxylic acids is 1. The fraction of sp³-hybridized carbons (Fsp3) is 0.133. The second-order valence-corrected chi connectivity index (χ2v) is 6.65. The van der Waals surface area contributed by atoms with Crippen LogP contribution >= 0.6 is 0 Å². The van der Waals surface area contributed by atoms with Gasteiger partial charge >= 0.3 is 5.97 Å². The third-order valence-corrected chi connectivity index (χ3v) is 5.06. The molecule has 24 heavy (non-hydrogen) atoms. The van der Waals surface area contributed by atoms with Gasteiger partial charge in [0.1, 0.15) is 10.7 Å². The maximum Gasteiger partial charge on any atom is 0.337 e. The minimum absolute atomic E-state index is 0.170. The highest BCUT2D eigenvalue weighted by molar-refractivity contribution is 7.92. The van der Waals surface area contributed by atoms with E-state index < -0.39 is 38.3 Å². The van der Waals surface area contributed by atoms with Crippen molar-refractivity contribution in [2.24, 2.45) is 0 Å². The van der Waals surface area contributed by atoms with Crippen LogP contribution in [0.25, 0.3) is 0 Å². The van der Waals surface area contributed by atoms with Gasteiger partial charge in [0.2, 0.25) is 0 Å². The molecule has 0 aliphatic heterocycles. The molecule has 0 saturated carbocycles. The van der Waals surface area contributed by atoms with E-state index in [1.807, 2.05) is 0 Å². The van der Waals surface area contributed by atoms with Crippen molar-refractivity contribution in [2.45, 2.75) is 4.90 Å². The van der Waals surface area contributed by atoms with Crippen LogP contribution in [0.4, 0.5) is 18.9 Å². The standard InChI is InChI=1S/C15H12F3NO4S/c1-19(10-4-6-11(16)13(18)8-10)24(21,22)14-7-9(15(20)23-2)3-5-12(14)17/h3-8H,1-2H3. The lowest BCUT2D eigenvalue weighted by atomic mass is 10.2. The molecular weight excluding hydrogens is 347 g/mol.